The number of halogens is 2. The normalized spacial score (nSPS) is 16.1. The summed E-state index contributed by atoms with van der Waals surface area (Å²) < 4.78 is 32.1. The van der Waals surface area contributed by atoms with E-state index < -0.39 is 17.2 Å². The van der Waals surface area contributed by atoms with Gasteiger partial charge in [0.1, 0.15) is 17.2 Å². The van der Waals surface area contributed by atoms with Gasteiger partial charge < -0.3 is 20.3 Å². The molecule has 1 amide bonds. The monoisotopic (exact) mass is 354 g/mol. The number of hydrogen-bond acceptors (Lipinski definition) is 3. The third-order valence-corrected chi connectivity index (χ3v) is 3.67. The van der Waals surface area contributed by atoms with E-state index in [0.717, 1.165) is 18.2 Å². The third kappa shape index (κ3) is 5.58. The maximum atomic E-state index is 13.6. The molecule has 25 heavy (non-hydrogen) atoms. The Kier molecular flexibility index (Phi) is 5.81. The van der Waals surface area contributed by atoms with Crippen molar-refractivity contribution in [2.75, 3.05) is 26.2 Å². The van der Waals surface area contributed by atoms with E-state index in [-0.39, 0.29) is 24.2 Å². The van der Waals surface area contributed by atoms with Gasteiger partial charge in [0.15, 0.2) is 5.96 Å². The van der Waals surface area contributed by atoms with Gasteiger partial charge in [-0.1, -0.05) is 0 Å². The topological polar surface area (TPSA) is 71.2 Å². The Hall–Kier alpha value is -2.38. The molecule has 138 valence electrons. The molecule has 0 aromatic heterocycles. The highest BCUT2D eigenvalue weighted by molar-refractivity contribution is 5.78. The van der Waals surface area contributed by atoms with Gasteiger partial charge in [0, 0.05) is 31.7 Å². The lowest BCUT2D eigenvalue weighted by Gasteiger charge is -2.36. The SMILES string of the molecule is CC(C)(C)OC(=O)N1CCN(C(N)=NCc2cc(F)ccc2F)CC1. The molecule has 0 aliphatic carbocycles. The highest BCUT2D eigenvalue weighted by atomic mass is 19.1. The molecule has 1 aliphatic rings. The fourth-order valence-corrected chi connectivity index (χ4v) is 2.38. The molecule has 6 nitrogen and oxygen atoms in total. The maximum Gasteiger partial charge on any atom is 0.410 e. The summed E-state index contributed by atoms with van der Waals surface area (Å²) in [6.07, 6.45) is -0.357. The number of hydrogen-bond donors (Lipinski definition) is 1. The summed E-state index contributed by atoms with van der Waals surface area (Å²) in [6.45, 7) is 7.33. The zero-order valence-corrected chi connectivity index (χ0v) is 14.8. The van der Waals surface area contributed by atoms with Crippen LogP contribution in [0.15, 0.2) is 23.2 Å². The number of rotatable bonds is 2. The maximum absolute atomic E-state index is 13.6. The Labute approximate surface area is 146 Å². The molecule has 1 saturated heterocycles. The summed E-state index contributed by atoms with van der Waals surface area (Å²) in [5.41, 5.74) is 5.54. The van der Waals surface area contributed by atoms with E-state index in [1.165, 1.54) is 0 Å². The highest BCUT2D eigenvalue weighted by Gasteiger charge is 2.26. The Morgan fingerprint density at radius 2 is 1.80 bits per heavy atom. The molecular formula is C17H24F2N4O2. The van der Waals surface area contributed by atoms with E-state index in [1.807, 2.05) is 20.8 Å². The van der Waals surface area contributed by atoms with E-state index in [2.05, 4.69) is 4.99 Å². The molecule has 1 aromatic carbocycles. The number of nitrogens with two attached hydrogens (primary N) is 1. The third-order valence-electron chi connectivity index (χ3n) is 3.67. The molecule has 0 atom stereocenters. The second kappa shape index (κ2) is 7.67. The van der Waals surface area contributed by atoms with Crippen molar-refractivity contribution in [1.29, 1.82) is 0 Å². The van der Waals surface area contributed by atoms with Gasteiger partial charge in [0.05, 0.1) is 6.54 Å². The highest BCUT2D eigenvalue weighted by Crippen LogP contribution is 2.13. The fourth-order valence-electron chi connectivity index (χ4n) is 2.38. The van der Waals surface area contributed by atoms with Crippen LogP contribution in [-0.4, -0.2) is 53.6 Å². The minimum atomic E-state index is -0.538. The first-order chi connectivity index (χ1) is 11.7. The minimum absolute atomic E-state index is 0.0400. The van der Waals surface area contributed by atoms with Crippen LogP contribution in [-0.2, 0) is 11.3 Å². The Morgan fingerprint density at radius 3 is 2.40 bits per heavy atom. The molecule has 2 rings (SSSR count). The van der Waals surface area contributed by atoms with Gasteiger partial charge in [-0.3, -0.25) is 0 Å². The number of ether oxygens (including phenoxy) is 1. The van der Waals surface area contributed by atoms with Gasteiger partial charge in [-0.15, -0.1) is 0 Å². The average Bonchev–Trinajstić information content (AvgIpc) is 2.54. The van der Waals surface area contributed by atoms with Crippen molar-refractivity contribution in [2.24, 2.45) is 10.7 Å². The van der Waals surface area contributed by atoms with Crippen LogP contribution in [0.4, 0.5) is 13.6 Å². The lowest BCUT2D eigenvalue weighted by molar-refractivity contribution is 0.0186. The largest absolute Gasteiger partial charge is 0.444 e. The molecule has 0 radical (unpaired) electrons. The average molecular weight is 354 g/mol. The first kappa shape index (κ1) is 19.0. The molecule has 1 aromatic rings. The number of nitrogens with zero attached hydrogens (tertiary/aromatic N) is 3. The van der Waals surface area contributed by atoms with Crippen LogP contribution < -0.4 is 5.73 Å². The van der Waals surface area contributed by atoms with Crippen LogP contribution in [0.2, 0.25) is 0 Å². The zero-order valence-electron chi connectivity index (χ0n) is 14.8. The molecule has 0 unspecified atom stereocenters. The van der Waals surface area contributed by atoms with Crippen LogP contribution >= 0.6 is 0 Å². The number of piperazine rings is 1. The van der Waals surface area contributed by atoms with E-state index in [9.17, 15) is 13.6 Å². The molecule has 0 bridgehead atoms. The summed E-state index contributed by atoms with van der Waals surface area (Å²) in [7, 11) is 0. The number of guanidine groups is 1. The number of carbonyl (C=O) groups excluding carboxylic acids is 1. The Balaban J connectivity index is 1.89. The first-order valence-electron chi connectivity index (χ1n) is 8.12. The minimum Gasteiger partial charge on any atom is -0.444 e. The van der Waals surface area contributed by atoms with Gasteiger partial charge in [0.2, 0.25) is 0 Å². The predicted octanol–water partition coefficient (Wildman–Crippen LogP) is 2.33. The second-order valence-electron chi connectivity index (χ2n) is 6.86. The summed E-state index contributed by atoms with van der Waals surface area (Å²) in [5.74, 6) is -0.795. The van der Waals surface area contributed by atoms with Gasteiger partial charge in [-0.25, -0.2) is 18.6 Å². The van der Waals surface area contributed by atoms with Gasteiger partial charge >= 0.3 is 6.09 Å². The number of benzene rings is 1. The predicted molar refractivity (Wildman–Crippen MR) is 91.1 cm³/mol. The van der Waals surface area contributed by atoms with Gasteiger partial charge in [-0.05, 0) is 39.0 Å². The smallest absolute Gasteiger partial charge is 0.410 e. The molecule has 8 heteroatoms. The van der Waals surface area contributed by atoms with Crippen LogP contribution in [0.3, 0.4) is 0 Å². The quantitative estimate of drug-likeness (QED) is 0.654. The van der Waals surface area contributed by atoms with Crippen LogP contribution in [0, 0.1) is 11.6 Å². The Bertz CT molecular complexity index is 651. The summed E-state index contributed by atoms with van der Waals surface area (Å²) >= 11 is 0. The van der Waals surface area contributed by atoms with Crippen molar-refractivity contribution in [2.45, 2.75) is 32.9 Å². The first-order valence-corrected chi connectivity index (χ1v) is 8.12. The molecule has 2 N–H and O–H groups in total. The molecule has 1 aliphatic heterocycles. The lowest BCUT2D eigenvalue weighted by Crippen LogP contribution is -2.53. The van der Waals surface area contributed by atoms with Crippen molar-refractivity contribution in [1.82, 2.24) is 9.80 Å². The van der Waals surface area contributed by atoms with Gasteiger partial charge in [-0.2, -0.15) is 0 Å². The number of aliphatic imine (C=N–C) groups is 1. The lowest BCUT2D eigenvalue weighted by atomic mass is 10.2. The molecule has 1 fully saturated rings. The summed E-state index contributed by atoms with van der Waals surface area (Å²) in [4.78, 5) is 19.6. The van der Waals surface area contributed by atoms with Crippen molar-refractivity contribution in [3.63, 3.8) is 0 Å². The van der Waals surface area contributed by atoms with Crippen molar-refractivity contribution >= 4 is 12.1 Å². The standard InChI is InChI=1S/C17H24F2N4O2/c1-17(2,3)25-16(24)23-8-6-22(7-9-23)15(20)21-11-12-10-13(18)4-5-14(12)19/h4-5,10H,6-9,11H2,1-3H3,(H2,20,21). The van der Waals surface area contributed by atoms with Gasteiger partial charge in [0.25, 0.3) is 0 Å². The van der Waals surface area contributed by atoms with E-state index in [1.54, 1.807) is 9.80 Å². The van der Waals surface area contributed by atoms with E-state index in [0.29, 0.717) is 26.2 Å². The summed E-state index contributed by atoms with van der Waals surface area (Å²) in [5, 5.41) is 0. The number of carbonyl (C=O) groups is 1. The van der Waals surface area contributed by atoms with Crippen molar-refractivity contribution < 1.29 is 18.3 Å². The molecule has 1 heterocycles. The van der Waals surface area contributed by atoms with Crippen LogP contribution in [0.1, 0.15) is 26.3 Å². The van der Waals surface area contributed by atoms with E-state index in [4.69, 9.17) is 10.5 Å². The van der Waals surface area contributed by atoms with Crippen molar-refractivity contribution in [3.05, 3.63) is 35.4 Å². The van der Waals surface area contributed by atoms with E-state index >= 15 is 0 Å². The van der Waals surface area contributed by atoms with Crippen LogP contribution in [0.5, 0.6) is 0 Å². The Morgan fingerprint density at radius 1 is 1.20 bits per heavy atom. The summed E-state index contributed by atoms with van der Waals surface area (Å²) in [6, 6.07) is 3.23. The van der Waals surface area contributed by atoms with Crippen LogP contribution in [0.25, 0.3) is 0 Å². The second-order valence-corrected chi connectivity index (χ2v) is 6.86. The number of amides is 1. The molecule has 0 spiro atoms. The van der Waals surface area contributed by atoms with Crippen molar-refractivity contribution in [3.8, 4) is 0 Å². The zero-order chi connectivity index (χ0) is 18.6. The molecular weight excluding hydrogens is 330 g/mol. The molecule has 0 saturated carbocycles. The fraction of sp³-hybridized carbons (Fsp3) is 0.529.